The van der Waals surface area contributed by atoms with Crippen LogP contribution >= 0.6 is 0 Å². The molecule has 2 rings (SSSR count). The fourth-order valence-corrected chi connectivity index (χ4v) is 1.15. The van der Waals surface area contributed by atoms with Crippen molar-refractivity contribution >= 4 is 17.9 Å². The number of carbonyl (C=O) groups excluding carboxylic acids is 1. The molecule has 0 aromatic carbocycles. The zero-order valence-electron chi connectivity index (χ0n) is 5.95. The molecule has 0 spiro atoms. The lowest BCUT2D eigenvalue weighted by Gasteiger charge is -1.95. The van der Waals surface area contributed by atoms with Crippen LogP contribution in [0.5, 0.6) is 0 Å². The van der Waals surface area contributed by atoms with Crippen molar-refractivity contribution in [2.75, 3.05) is 0 Å². The zero-order chi connectivity index (χ0) is 7.68. The maximum Gasteiger partial charge on any atom is 0.161 e. The van der Waals surface area contributed by atoms with Crippen LogP contribution in [0.4, 0.5) is 0 Å². The molecule has 1 aromatic heterocycles. The minimum atomic E-state index is 0.135. The highest BCUT2D eigenvalue weighted by Gasteiger charge is 1.99. The van der Waals surface area contributed by atoms with Crippen molar-refractivity contribution in [3.63, 3.8) is 0 Å². The monoisotopic (exact) mass is 145 g/mol. The van der Waals surface area contributed by atoms with Crippen LogP contribution in [0.2, 0.25) is 0 Å². The van der Waals surface area contributed by atoms with Gasteiger partial charge < -0.3 is 0 Å². The first-order valence-corrected chi connectivity index (χ1v) is 3.52. The van der Waals surface area contributed by atoms with Crippen molar-refractivity contribution in [1.82, 2.24) is 4.98 Å². The summed E-state index contributed by atoms with van der Waals surface area (Å²) in [4.78, 5) is 15.0. The van der Waals surface area contributed by atoms with Gasteiger partial charge in [-0.25, -0.2) is 0 Å². The molecule has 2 nitrogen and oxygen atoms in total. The van der Waals surface area contributed by atoms with Gasteiger partial charge in [-0.1, -0.05) is 12.1 Å². The van der Waals surface area contributed by atoms with Gasteiger partial charge in [0.15, 0.2) is 5.78 Å². The normalized spacial score (nSPS) is 14.7. The van der Waals surface area contributed by atoms with Crippen LogP contribution in [0.15, 0.2) is 18.3 Å². The maximum absolute atomic E-state index is 10.9. The van der Waals surface area contributed by atoms with Gasteiger partial charge in [0.1, 0.15) is 0 Å². The highest BCUT2D eigenvalue weighted by Crippen LogP contribution is 1.88. The summed E-state index contributed by atoms with van der Waals surface area (Å²) in [7, 11) is 0. The molecule has 0 unspecified atom stereocenters. The molecule has 0 aliphatic heterocycles. The van der Waals surface area contributed by atoms with Gasteiger partial charge in [-0.15, -0.1) is 0 Å². The lowest BCUT2D eigenvalue weighted by atomic mass is 10.1. The Balaban J connectivity index is 2.83. The van der Waals surface area contributed by atoms with Crippen LogP contribution in [0.25, 0.3) is 12.2 Å². The molecule has 11 heavy (non-hydrogen) atoms. The van der Waals surface area contributed by atoms with E-state index in [2.05, 4.69) is 4.98 Å². The number of rotatable bonds is 0. The summed E-state index contributed by atoms with van der Waals surface area (Å²) in [6.45, 7) is 0. The average Bonchev–Trinajstić information content (AvgIpc) is 2.04. The van der Waals surface area contributed by atoms with Gasteiger partial charge in [0.25, 0.3) is 0 Å². The largest absolute Gasteiger partial charge is 0.294 e. The smallest absolute Gasteiger partial charge is 0.161 e. The molecule has 54 valence electrons. The van der Waals surface area contributed by atoms with E-state index in [9.17, 15) is 4.79 Å². The van der Waals surface area contributed by atoms with Crippen LogP contribution in [0.3, 0.4) is 0 Å². The first-order chi connectivity index (χ1) is 5.36. The summed E-state index contributed by atoms with van der Waals surface area (Å²) < 4.78 is 0. The standard InChI is InChI=1S/C9H7NO/c11-8-4-3-7-2-1-5-10-9(7)6-8/h1-3,5-6H,4H2. The van der Waals surface area contributed by atoms with Gasteiger partial charge in [-0.3, -0.25) is 9.78 Å². The fourth-order valence-electron chi connectivity index (χ4n) is 1.15. The van der Waals surface area contributed by atoms with E-state index < -0.39 is 0 Å². The number of hydrogen-bond donors (Lipinski definition) is 0. The van der Waals surface area contributed by atoms with E-state index >= 15 is 0 Å². The van der Waals surface area contributed by atoms with Crippen LogP contribution in [-0.4, -0.2) is 10.8 Å². The minimum Gasteiger partial charge on any atom is -0.294 e. The Hall–Kier alpha value is -1.44. The molecule has 0 radical (unpaired) electrons. The fraction of sp³-hybridized carbons (Fsp3) is 0.111. The lowest BCUT2D eigenvalue weighted by molar-refractivity contribution is -0.112. The molecular formula is C9H7NO. The van der Waals surface area contributed by atoms with Crippen molar-refractivity contribution in [2.24, 2.45) is 0 Å². The van der Waals surface area contributed by atoms with E-state index in [-0.39, 0.29) is 5.78 Å². The second-order valence-corrected chi connectivity index (χ2v) is 2.50. The van der Waals surface area contributed by atoms with E-state index in [4.69, 9.17) is 0 Å². The topological polar surface area (TPSA) is 30.0 Å². The van der Waals surface area contributed by atoms with Crippen molar-refractivity contribution < 1.29 is 4.79 Å². The summed E-state index contributed by atoms with van der Waals surface area (Å²) in [5.41, 5.74) is 0. The van der Waals surface area contributed by atoms with Gasteiger partial charge in [0.05, 0.1) is 5.35 Å². The average molecular weight is 145 g/mol. The van der Waals surface area contributed by atoms with Crippen LogP contribution in [0.1, 0.15) is 6.42 Å². The summed E-state index contributed by atoms with van der Waals surface area (Å²) in [5.74, 6) is 0.135. The van der Waals surface area contributed by atoms with E-state index in [1.165, 1.54) is 0 Å². The Morgan fingerprint density at radius 2 is 2.36 bits per heavy atom. The molecule has 2 heteroatoms. The Labute approximate surface area is 63.9 Å². The molecule has 1 aliphatic rings. The number of nitrogens with zero attached hydrogens (tertiary/aromatic N) is 1. The zero-order valence-corrected chi connectivity index (χ0v) is 5.95. The summed E-state index contributed by atoms with van der Waals surface area (Å²) in [6.07, 6.45) is 5.71. The number of aromatic nitrogens is 1. The molecular weight excluding hydrogens is 138 g/mol. The quantitative estimate of drug-likeness (QED) is 0.498. The second-order valence-electron chi connectivity index (χ2n) is 2.50. The molecule has 0 fully saturated rings. The second kappa shape index (κ2) is 2.31. The van der Waals surface area contributed by atoms with Gasteiger partial charge in [-0.2, -0.15) is 0 Å². The summed E-state index contributed by atoms with van der Waals surface area (Å²) in [6, 6.07) is 3.84. The Morgan fingerprint density at radius 1 is 1.45 bits per heavy atom. The predicted octanol–water partition coefficient (Wildman–Crippen LogP) is -0.385. The first kappa shape index (κ1) is 6.28. The molecule has 0 amide bonds. The molecule has 1 aromatic rings. The van der Waals surface area contributed by atoms with Gasteiger partial charge in [0.2, 0.25) is 0 Å². The Kier molecular flexibility index (Phi) is 1.32. The van der Waals surface area contributed by atoms with Crippen molar-refractivity contribution in [1.29, 1.82) is 0 Å². The number of pyridine rings is 1. The van der Waals surface area contributed by atoms with Crippen molar-refractivity contribution in [2.45, 2.75) is 6.42 Å². The van der Waals surface area contributed by atoms with E-state index in [1.807, 2.05) is 18.2 Å². The third kappa shape index (κ3) is 1.07. The molecule has 0 bridgehead atoms. The van der Waals surface area contributed by atoms with Gasteiger partial charge in [0, 0.05) is 18.7 Å². The van der Waals surface area contributed by atoms with E-state index in [1.54, 1.807) is 12.3 Å². The SMILES string of the molecule is O=C1C=c2ncccc2=CC1. The highest BCUT2D eigenvalue weighted by atomic mass is 16.1. The third-order valence-corrected chi connectivity index (χ3v) is 1.69. The highest BCUT2D eigenvalue weighted by molar-refractivity contribution is 6.08. The molecule has 0 N–H and O–H groups in total. The number of fused-ring (bicyclic) bond motifs is 1. The number of ketones is 1. The molecule has 0 saturated carbocycles. The molecule has 1 heterocycles. The lowest BCUT2D eigenvalue weighted by Crippen LogP contribution is -2.31. The summed E-state index contributed by atoms with van der Waals surface area (Å²) >= 11 is 0. The van der Waals surface area contributed by atoms with Crippen LogP contribution in [0, 0.1) is 0 Å². The van der Waals surface area contributed by atoms with Crippen molar-refractivity contribution in [3.8, 4) is 0 Å². The maximum atomic E-state index is 10.9. The predicted molar refractivity (Wildman–Crippen MR) is 42.0 cm³/mol. The summed E-state index contributed by atoms with van der Waals surface area (Å²) in [5, 5.41) is 1.86. The van der Waals surface area contributed by atoms with Crippen LogP contribution < -0.4 is 10.6 Å². The number of carbonyl (C=O) groups is 1. The molecule has 1 aliphatic carbocycles. The van der Waals surface area contributed by atoms with Gasteiger partial charge in [-0.05, 0) is 11.3 Å². The Bertz CT molecular complexity index is 406. The van der Waals surface area contributed by atoms with Crippen molar-refractivity contribution in [3.05, 3.63) is 28.9 Å². The molecule has 0 saturated heterocycles. The number of hydrogen-bond acceptors (Lipinski definition) is 2. The Morgan fingerprint density at radius 3 is 3.27 bits per heavy atom. The third-order valence-electron chi connectivity index (χ3n) is 1.69. The van der Waals surface area contributed by atoms with E-state index in [0.29, 0.717) is 6.42 Å². The minimum absolute atomic E-state index is 0.135. The molecule has 0 atom stereocenters. The first-order valence-electron chi connectivity index (χ1n) is 3.52. The van der Waals surface area contributed by atoms with E-state index in [0.717, 1.165) is 10.6 Å². The van der Waals surface area contributed by atoms with Crippen LogP contribution in [-0.2, 0) is 4.79 Å². The van der Waals surface area contributed by atoms with Gasteiger partial charge >= 0.3 is 0 Å². The number of Topliss-reactive ketones (excluding diaryl/α,β-unsaturated/α-hetero) is 1.